The van der Waals surface area contributed by atoms with Gasteiger partial charge < -0.3 is 9.55 Å². The third-order valence-corrected chi connectivity index (χ3v) is 3.65. The van der Waals surface area contributed by atoms with Crippen molar-refractivity contribution >= 4 is 28.1 Å². The van der Waals surface area contributed by atoms with E-state index in [0.29, 0.717) is 15.7 Å². The zero-order valence-corrected chi connectivity index (χ0v) is 10.9. The van der Waals surface area contributed by atoms with Gasteiger partial charge in [0.15, 0.2) is 4.80 Å². The summed E-state index contributed by atoms with van der Waals surface area (Å²) in [6.45, 7) is 0. The van der Waals surface area contributed by atoms with Crippen LogP contribution in [0.25, 0.3) is 10.9 Å². The van der Waals surface area contributed by atoms with Crippen molar-refractivity contribution in [2.45, 2.75) is 0 Å². The minimum atomic E-state index is -0.409. The van der Waals surface area contributed by atoms with Gasteiger partial charge in [0.2, 0.25) is 0 Å². The van der Waals surface area contributed by atoms with Crippen LogP contribution in [0.4, 0.5) is 4.39 Å². The van der Waals surface area contributed by atoms with E-state index < -0.39 is 5.91 Å². The molecular weight excluding hydrogens is 265 g/mol. The van der Waals surface area contributed by atoms with Crippen molar-refractivity contribution in [3.05, 3.63) is 52.2 Å². The third kappa shape index (κ3) is 2.10. The van der Waals surface area contributed by atoms with E-state index in [9.17, 15) is 9.18 Å². The number of aromatic amines is 1. The van der Waals surface area contributed by atoms with Gasteiger partial charge in [0.25, 0.3) is 5.91 Å². The van der Waals surface area contributed by atoms with Gasteiger partial charge in [-0.3, -0.25) is 4.79 Å². The van der Waals surface area contributed by atoms with Gasteiger partial charge in [0, 0.05) is 29.5 Å². The van der Waals surface area contributed by atoms with Crippen molar-refractivity contribution in [2.75, 3.05) is 0 Å². The number of hydrogen-bond donors (Lipinski definition) is 1. The zero-order chi connectivity index (χ0) is 13.4. The number of fused-ring (bicyclic) bond motifs is 1. The molecule has 0 radical (unpaired) electrons. The number of nitrogens with one attached hydrogen (secondary N) is 1. The second-order valence-corrected chi connectivity index (χ2v) is 4.97. The number of carbonyl (C=O) groups excluding carboxylic acids is 1. The summed E-state index contributed by atoms with van der Waals surface area (Å²) < 4.78 is 15.3. The molecule has 3 aromatic rings. The standard InChI is InChI=1S/C13H10FN3OS/c1-17-5-6-19-13(17)16-12(18)11-7-8-9(14)3-2-4-10(8)15-11/h2-7,15H,1H3. The summed E-state index contributed by atoms with van der Waals surface area (Å²) in [7, 11) is 1.81. The highest BCUT2D eigenvalue weighted by atomic mass is 32.1. The molecular formula is C13H10FN3OS. The molecule has 96 valence electrons. The zero-order valence-electron chi connectivity index (χ0n) is 10.1. The van der Waals surface area contributed by atoms with Crippen LogP contribution in [0.2, 0.25) is 0 Å². The summed E-state index contributed by atoms with van der Waals surface area (Å²) in [5, 5.41) is 2.24. The fraction of sp³-hybridized carbons (Fsp3) is 0.0769. The second-order valence-electron chi connectivity index (χ2n) is 4.10. The summed E-state index contributed by atoms with van der Waals surface area (Å²) in [6, 6.07) is 6.17. The number of nitrogens with zero attached hydrogens (tertiary/aromatic N) is 2. The van der Waals surface area contributed by atoms with Crippen LogP contribution in [-0.4, -0.2) is 15.5 Å². The highest BCUT2D eigenvalue weighted by Crippen LogP contribution is 2.18. The van der Waals surface area contributed by atoms with Crippen molar-refractivity contribution in [1.82, 2.24) is 9.55 Å². The van der Waals surface area contributed by atoms with Gasteiger partial charge in [-0.05, 0) is 18.2 Å². The number of halogens is 1. The van der Waals surface area contributed by atoms with Crippen molar-refractivity contribution < 1.29 is 9.18 Å². The first-order valence-corrected chi connectivity index (χ1v) is 6.49. The van der Waals surface area contributed by atoms with E-state index in [1.807, 2.05) is 18.6 Å². The smallest absolute Gasteiger partial charge is 0.296 e. The average molecular weight is 275 g/mol. The van der Waals surface area contributed by atoms with Gasteiger partial charge in [0.1, 0.15) is 11.5 Å². The Morgan fingerprint density at radius 3 is 3.00 bits per heavy atom. The van der Waals surface area contributed by atoms with Crippen LogP contribution in [0, 0.1) is 5.82 Å². The summed E-state index contributed by atoms with van der Waals surface area (Å²) in [4.78, 5) is 19.5. The van der Waals surface area contributed by atoms with Crippen LogP contribution >= 0.6 is 11.3 Å². The van der Waals surface area contributed by atoms with E-state index >= 15 is 0 Å². The number of benzene rings is 1. The van der Waals surface area contributed by atoms with Gasteiger partial charge in [-0.1, -0.05) is 6.07 Å². The summed E-state index contributed by atoms with van der Waals surface area (Å²) in [6.07, 6.45) is 1.82. The van der Waals surface area contributed by atoms with Crippen LogP contribution in [0.1, 0.15) is 10.5 Å². The molecule has 0 unspecified atom stereocenters. The molecule has 1 N–H and O–H groups in total. The van der Waals surface area contributed by atoms with Gasteiger partial charge in [0.05, 0.1) is 0 Å². The molecule has 0 aliphatic heterocycles. The lowest BCUT2D eigenvalue weighted by Crippen LogP contribution is -2.12. The molecule has 4 nitrogen and oxygen atoms in total. The fourth-order valence-corrected chi connectivity index (χ4v) is 2.54. The Hall–Kier alpha value is -2.21. The Kier molecular flexibility index (Phi) is 2.79. The topological polar surface area (TPSA) is 50.1 Å². The molecule has 0 fully saturated rings. The van der Waals surface area contributed by atoms with E-state index in [1.54, 1.807) is 16.7 Å². The monoisotopic (exact) mass is 275 g/mol. The van der Waals surface area contributed by atoms with Gasteiger partial charge >= 0.3 is 0 Å². The number of aryl methyl sites for hydroxylation is 1. The van der Waals surface area contributed by atoms with E-state index in [1.165, 1.54) is 23.5 Å². The summed E-state index contributed by atoms with van der Waals surface area (Å²) >= 11 is 1.37. The molecule has 1 amide bonds. The van der Waals surface area contributed by atoms with Crippen LogP contribution in [0.3, 0.4) is 0 Å². The van der Waals surface area contributed by atoms with Crippen molar-refractivity contribution in [1.29, 1.82) is 0 Å². The Labute approximate surface area is 111 Å². The number of H-pyrrole nitrogens is 1. The molecule has 0 atom stereocenters. The summed E-state index contributed by atoms with van der Waals surface area (Å²) in [5.74, 6) is -0.761. The number of thiazole rings is 1. The normalized spacial score (nSPS) is 12.2. The Morgan fingerprint density at radius 2 is 2.32 bits per heavy atom. The molecule has 19 heavy (non-hydrogen) atoms. The van der Waals surface area contributed by atoms with Crippen LogP contribution in [-0.2, 0) is 7.05 Å². The quantitative estimate of drug-likeness (QED) is 0.728. The second kappa shape index (κ2) is 4.47. The minimum Gasteiger partial charge on any atom is -0.350 e. The largest absolute Gasteiger partial charge is 0.350 e. The molecule has 0 bridgehead atoms. The van der Waals surface area contributed by atoms with Crippen LogP contribution < -0.4 is 4.80 Å². The first kappa shape index (κ1) is 11.9. The predicted octanol–water partition coefficient (Wildman–Crippen LogP) is 2.45. The van der Waals surface area contributed by atoms with Crippen LogP contribution in [0.15, 0.2) is 40.8 Å². The highest BCUT2D eigenvalue weighted by Gasteiger charge is 2.10. The fourth-order valence-electron chi connectivity index (χ4n) is 1.82. The molecule has 6 heteroatoms. The maximum atomic E-state index is 13.5. The van der Waals surface area contributed by atoms with E-state index in [4.69, 9.17) is 0 Å². The SMILES string of the molecule is Cn1ccsc1=NC(=O)c1cc2c(F)cccc2[nH]1. The van der Waals surface area contributed by atoms with E-state index in [-0.39, 0.29) is 11.5 Å². The van der Waals surface area contributed by atoms with E-state index in [0.717, 1.165) is 0 Å². The molecule has 2 heterocycles. The lowest BCUT2D eigenvalue weighted by molar-refractivity contribution is 0.0994. The molecule has 0 saturated carbocycles. The van der Waals surface area contributed by atoms with Gasteiger partial charge in [-0.15, -0.1) is 11.3 Å². The molecule has 2 aromatic heterocycles. The number of carbonyl (C=O) groups is 1. The maximum absolute atomic E-state index is 13.5. The van der Waals surface area contributed by atoms with E-state index in [2.05, 4.69) is 9.98 Å². The van der Waals surface area contributed by atoms with Gasteiger partial charge in [-0.25, -0.2) is 4.39 Å². The number of rotatable bonds is 1. The molecule has 0 saturated heterocycles. The molecule has 0 spiro atoms. The lowest BCUT2D eigenvalue weighted by atomic mass is 10.2. The van der Waals surface area contributed by atoms with Crippen molar-refractivity contribution in [3.63, 3.8) is 0 Å². The number of amides is 1. The van der Waals surface area contributed by atoms with Crippen molar-refractivity contribution in [3.8, 4) is 0 Å². The number of aromatic nitrogens is 2. The first-order chi connectivity index (χ1) is 9.15. The highest BCUT2D eigenvalue weighted by molar-refractivity contribution is 7.07. The third-order valence-electron chi connectivity index (χ3n) is 2.80. The molecule has 3 rings (SSSR count). The minimum absolute atomic E-state index is 0.286. The molecule has 0 aliphatic rings. The van der Waals surface area contributed by atoms with Crippen molar-refractivity contribution in [2.24, 2.45) is 12.0 Å². The Morgan fingerprint density at radius 1 is 1.47 bits per heavy atom. The number of hydrogen-bond acceptors (Lipinski definition) is 2. The first-order valence-electron chi connectivity index (χ1n) is 5.61. The molecule has 1 aromatic carbocycles. The summed E-state index contributed by atoms with van der Waals surface area (Å²) in [5.41, 5.74) is 0.877. The molecule has 0 aliphatic carbocycles. The Bertz CT molecular complexity index is 828. The maximum Gasteiger partial charge on any atom is 0.296 e. The predicted molar refractivity (Wildman–Crippen MR) is 71.4 cm³/mol. The Balaban J connectivity index is 2.08. The lowest BCUT2D eigenvalue weighted by Gasteiger charge is -1.90. The van der Waals surface area contributed by atoms with Crippen LogP contribution in [0.5, 0.6) is 0 Å². The van der Waals surface area contributed by atoms with Gasteiger partial charge in [-0.2, -0.15) is 4.99 Å². The average Bonchev–Trinajstić information content (AvgIpc) is 2.97.